The number of fused-ring (bicyclic) bond motifs is 1. The molecule has 0 bridgehead atoms. The Bertz CT molecular complexity index is 1240. The highest BCUT2D eigenvalue weighted by molar-refractivity contribution is 8.26. The maximum atomic E-state index is 13.3. The predicted octanol–water partition coefficient (Wildman–Crippen LogP) is 4.84. The number of carbonyl (C=O) groups is 2. The van der Waals surface area contributed by atoms with E-state index in [4.69, 9.17) is 22.1 Å². The zero-order chi connectivity index (χ0) is 22.0. The fourth-order valence-corrected chi connectivity index (χ4v) is 4.39. The van der Waals surface area contributed by atoms with Gasteiger partial charge in [-0.2, -0.15) is 0 Å². The van der Waals surface area contributed by atoms with E-state index < -0.39 is 18.4 Å². The summed E-state index contributed by atoms with van der Waals surface area (Å²) in [5.74, 6) is -1.15. The van der Waals surface area contributed by atoms with E-state index in [1.165, 1.54) is 12.1 Å². The van der Waals surface area contributed by atoms with Gasteiger partial charge >= 0.3 is 5.97 Å². The minimum absolute atomic E-state index is 0.236. The van der Waals surface area contributed by atoms with Crippen molar-refractivity contribution in [2.45, 2.75) is 6.61 Å². The number of amides is 1. The quantitative estimate of drug-likeness (QED) is 0.425. The highest BCUT2D eigenvalue weighted by Gasteiger charge is 2.33. The number of thiocarbonyl (C=S) groups is 1. The number of carboxylic acids is 1. The van der Waals surface area contributed by atoms with Crippen LogP contribution in [0.4, 0.5) is 4.39 Å². The summed E-state index contributed by atoms with van der Waals surface area (Å²) >= 11 is 6.21. The Labute approximate surface area is 187 Å². The largest absolute Gasteiger partial charge is 0.489 e. The molecular formula is C23H16FNO4S2. The van der Waals surface area contributed by atoms with Gasteiger partial charge in [0.25, 0.3) is 5.91 Å². The molecule has 1 N–H and O–H groups in total. The number of halogens is 1. The van der Waals surface area contributed by atoms with Crippen molar-refractivity contribution in [3.63, 3.8) is 0 Å². The van der Waals surface area contributed by atoms with Gasteiger partial charge < -0.3 is 9.84 Å². The molecule has 0 aliphatic carbocycles. The van der Waals surface area contributed by atoms with E-state index in [0.717, 1.165) is 38.6 Å². The molecule has 5 nitrogen and oxygen atoms in total. The average Bonchev–Trinajstić information content (AvgIpc) is 2.99. The number of carbonyl (C=O) groups excluding carboxylic acids is 1. The minimum atomic E-state index is -1.11. The molecule has 3 aromatic rings. The Kier molecular flexibility index (Phi) is 6.01. The van der Waals surface area contributed by atoms with E-state index in [2.05, 4.69) is 0 Å². The van der Waals surface area contributed by atoms with Crippen molar-refractivity contribution >= 4 is 57.0 Å². The van der Waals surface area contributed by atoms with Crippen LogP contribution in [0.15, 0.2) is 65.6 Å². The van der Waals surface area contributed by atoms with Crippen molar-refractivity contribution in [1.82, 2.24) is 4.90 Å². The molecule has 1 heterocycles. The van der Waals surface area contributed by atoms with Crippen LogP contribution >= 0.6 is 24.0 Å². The Hall–Kier alpha value is -3.23. The first-order valence-corrected chi connectivity index (χ1v) is 10.5. The number of nitrogens with zero attached hydrogens (tertiary/aromatic N) is 1. The van der Waals surface area contributed by atoms with Crippen LogP contribution in [-0.4, -0.2) is 32.7 Å². The number of benzene rings is 3. The molecule has 0 spiro atoms. The summed E-state index contributed by atoms with van der Waals surface area (Å²) in [6.07, 6.45) is 1.70. The number of rotatable bonds is 6. The van der Waals surface area contributed by atoms with E-state index in [0.29, 0.717) is 10.7 Å². The van der Waals surface area contributed by atoms with Crippen molar-refractivity contribution < 1.29 is 23.8 Å². The van der Waals surface area contributed by atoms with Crippen LogP contribution in [0.1, 0.15) is 11.1 Å². The highest BCUT2D eigenvalue weighted by Crippen LogP contribution is 2.33. The van der Waals surface area contributed by atoms with Gasteiger partial charge in [0, 0.05) is 0 Å². The highest BCUT2D eigenvalue weighted by atomic mass is 32.2. The zero-order valence-corrected chi connectivity index (χ0v) is 17.7. The zero-order valence-electron chi connectivity index (χ0n) is 16.1. The van der Waals surface area contributed by atoms with Crippen molar-refractivity contribution in [3.05, 3.63) is 82.5 Å². The Balaban J connectivity index is 1.50. The molecule has 8 heteroatoms. The molecule has 0 saturated carbocycles. The number of hydrogen-bond acceptors (Lipinski definition) is 5. The summed E-state index contributed by atoms with van der Waals surface area (Å²) in [5, 5.41) is 10.8. The fourth-order valence-electron chi connectivity index (χ4n) is 3.14. The molecule has 1 amide bonds. The minimum Gasteiger partial charge on any atom is -0.489 e. The molecule has 3 aromatic carbocycles. The lowest BCUT2D eigenvalue weighted by Crippen LogP contribution is -2.33. The molecule has 1 aliphatic rings. The van der Waals surface area contributed by atoms with E-state index in [9.17, 15) is 14.0 Å². The molecule has 0 unspecified atom stereocenters. The van der Waals surface area contributed by atoms with Crippen LogP contribution in [0, 0.1) is 5.82 Å². The van der Waals surface area contributed by atoms with E-state index >= 15 is 0 Å². The summed E-state index contributed by atoms with van der Waals surface area (Å²) in [7, 11) is 0. The molecule has 4 rings (SSSR count). The van der Waals surface area contributed by atoms with Crippen molar-refractivity contribution in [2.24, 2.45) is 0 Å². The van der Waals surface area contributed by atoms with E-state index in [-0.39, 0.29) is 16.7 Å². The fraction of sp³-hybridized carbons (Fsp3) is 0.0870. The third kappa shape index (κ3) is 4.92. The summed E-state index contributed by atoms with van der Waals surface area (Å²) < 4.78 is 19.3. The van der Waals surface area contributed by atoms with Gasteiger partial charge in [-0.25, -0.2) is 4.39 Å². The van der Waals surface area contributed by atoms with E-state index in [1.807, 2.05) is 36.4 Å². The Morgan fingerprint density at radius 1 is 1.13 bits per heavy atom. The predicted molar refractivity (Wildman–Crippen MR) is 122 cm³/mol. The van der Waals surface area contributed by atoms with Crippen LogP contribution in [-0.2, 0) is 16.2 Å². The SMILES string of the molecule is O=C(O)CN1C(=O)/C(=C/c2ccc3cc(OCc4cccc(F)c4)ccc3c2)SC1=S. The van der Waals surface area contributed by atoms with Crippen LogP contribution in [0.3, 0.4) is 0 Å². The van der Waals surface area contributed by atoms with Gasteiger partial charge in [-0.15, -0.1) is 0 Å². The number of ether oxygens (including phenoxy) is 1. The summed E-state index contributed by atoms with van der Waals surface area (Å²) in [5.41, 5.74) is 1.55. The van der Waals surface area contributed by atoms with Crippen LogP contribution in [0.5, 0.6) is 5.75 Å². The molecule has 1 fully saturated rings. The smallest absolute Gasteiger partial charge is 0.323 e. The third-order valence-electron chi connectivity index (χ3n) is 4.60. The van der Waals surface area contributed by atoms with Gasteiger partial charge in [-0.3, -0.25) is 14.5 Å². The van der Waals surface area contributed by atoms with Gasteiger partial charge in [0.15, 0.2) is 0 Å². The van der Waals surface area contributed by atoms with Crippen molar-refractivity contribution in [1.29, 1.82) is 0 Å². The normalized spacial score (nSPS) is 15.1. The monoisotopic (exact) mass is 453 g/mol. The number of carboxylic acid groups (broad SMARTS) is 1. The maximum absolute atomic E-state index is 13.3. The topological polar surface area (TPSA) is 66.8 Å². The second-order valence-corrected chi connectivity index (χ2v) is 8.52. The van der Waals surface area contributed by atoms with Crippen molar-refractivity contribution in [2.75, 3.05) is 6.54 Å². The first kappa shape index (κ1) is 21.0. The molecule has 0 atom stereocenters. The Morgan fingerprint density at radius 3 is 2.68 bits per heavy atom. The number of hydrogen-bond donors (Lipinski definition) is 1. The number of aliphatic carboxylic acids is 1. The first-order chi connectivity index (χ1) is 14.9. The summed E-state index contributed by atoms with van der Waals surface area (Å²) in [4.78, 5) is 24.8. The molecule has 156 valence electrons. The van der Waals surface area contributed by atoms with Gasteiger partial charge in [-0.1, -0.05) is 54.3 Å². The maximum Gasteiger partial charge on any atom is 0.323 e. The van der Waals surface area contributed by atoms with Gasteiger partial charge in [0.05, 0.1) is 4.91 Å². The second kappa shape index (κ2) is 8.87. The van der Waals surface area contributed by atoms with Crippen LogP contribution < -0.4 is 4.74 Å². The first-order valence-electron chi connectivity index (χ1n) is 9.27. The lowest BCUT2D eigenvalue weighted by molar-refractivity contribution is -0.140. The molecule has 31 heavy (non-hydrogen) atoms. The summed E-state index contributed by atoms with van der Waals surface area (Å²) in [6.45, 7) is -0.183. The molecule has 0 radical (unpaired) electrons. The van der Waals surface area contributed by atoms with Crippen LogP contribution in [0.25, 0.3) is 16.8 Å². The Morgan fingerprint density at radius 2 is 1.90 bits per heavy atom. The van der Waals surface area contributed by atoms with Gasteiger partial charge in [0.2, 0.25) is 0 Å². The van der Waals surface area contributed by atoms with Crippen LogP contribution in [0.2, 0.25) is 0 Å². The van der Waals surface area contributed by atoms with E-state index in [1.54, 1.807) is 18.2 Å². The number of thioether (sulfide) groups is 1. The lowest BCUT2D eigenvalue weighted by Gasteiger charge is -2.10. The standard InChI is InChI=1S/C23H16FNO4S2/c24-18-3-1-2-15(9-18)13-29-19-7-6-16-8-14(4-5-17(16)11-19)10-20-22(28)25(12-21(26)27)23(30)31-20/h1-11H,12-13H2,(H,26,27)/b20-10-. The second-order valence-electron chi connectivity index (χ2n) is 6.85. The summed E-state index contributed by atoms with van der Waals surface area (Å²) in [6, 6.07) is 17.6. The third-order valence-corrected chi connectivity index (χ3v) is 5.97. The molecule has 0 aromatic heterocycles. The molecule has 1 aliphatic heterocycles. The average molecular weight is 454 g/mol. The van der Waals surface area contributed by atoms with Gasteiger partial charge in [0.1, 0.15) is 29.0 Å². The lowest BCUT2D eigenvalue weighted by atomic mass is 10.1. The van der Waals surface area contributed by atoms with Gasteiger partial charge in [-0.05, 0) is 58.3 Å². The molecule has 1 saturated heterocycles. The van der Waals surface area contributed by atoms with Crippen molar-refractivity contribution in [3.8, 4) is 5.75 Å². The molecular weight excluding hydrogens is 437 g/mol.